The first-order valence-corrected chi connectivity index (χ1v) is 8.02. The molecule has 3 rings (SSSR count). The van der Waals surface area contributed by atoms with Gasteiger partial charge in [0.25, 0.3) is 5.69 Å². The smallest absolute Gasteiger partial charge is 0.269 e. The molecular formula is C19H15N5O3. The van der Waals surface area contributed by atoms with Crippen LogP contribution in [-0.4, -0.2) is 16.4 Å². The van der Waals surface area contributed by atoms with E-state index < -0.39 is 10.8 Å². The summed E-state index contributed by atoms with van der Waals surface area (Å²) in [5, 5.41) is 26.3. The number of para-hydroxylation sites is 1. The predicted molar refractivity (Wildman–Crippen MR) is 99.7 cm³/mol. The number of hydrogen-bond donors (Lipinski definition) is 1. The van der Waals surface area contributed by atoms with Gasteiger partial charge < -0.3 is 5.73 Å². The number of carbonyl (C=O) groups is 1. The largest absolute Gasteiger partial charge is 0.383 e. The van der Waals surface area contributed by atoms with Crippen LogP contribution >= 0.6 is 0 Å². The Morgan fingerprint density at radius 1 is 1.22 bits per heavy atom. The third-order valence-corrected chi connectivity index (χ3v) is 4.19. The zero-order valence-corrected chi connectivity index (χ0v) is 14.4. The summed E-state index contributed by atoms with van der Waals surface area (Å²) in [7, 11) is 0. The van der Waals surface area contributed by atoms with Gasteiger partial charge in [-0.15, -0.1) is 0 Å². The number of nitrogens with zero attached hydrogens (tertiary/aromatic N) is 4. The van der Waals surface area contributed by atoms with E-state index in [2.05, 4.69) is 11.2 Å². The lowest BCUT2D eigenvalue weighted by Crippen LogP contribution is -2.36. The van der Waals surface area contributed by atoms with E-state index in [4.69, 9.17) is 5.73 Å². The first-order chi connectivity index (χ1) is 12.9. The Labute approximate surface area is 155 Å². The van der Waals surface area contributed by atoms with Gasteiger partial charge in [0.1, 0.15) is 11.5 Å². The van der Waals surface area contributed by atoms with Crippen molar-refractivity contribution in [3.8, 4) is 6.07 Å². The molecule has 0 spiro atoms. The average Bonchev–Trinajstić information content (AvgIpc) is 2.68. The minimum atomic E-state index is -0.784. The van der Waals surface area contributed by atoms with Gasteiger partial charge in [-0.2, -0.15) is 10.4 Å². The van der Waals surface area contributed by atoms with Gasteiger partial charge in [-0.3, -0.25) is 14.9 Å². The van der Waals surface area contributed by atoms with E-state index in [1.807, 2.05) is 6.07 Å². The average molecular weight is 361 g/mol. The Hall–Kier alpha value is -3.99. The van der Waals surface area contributed by atoms with Gasteiger partial charge in [0.05, 0.1) is 28.2 Å². The number of hydrogen-bond acceptors (Lipinski definition) is 7. The Morgan fingerprint density at radius 3 is 2.37 bits per heavy atom. The van der Waals surface area contributed by atoms with Crippen molar-refractivity contribution in [3.63, 3.8) is 0 Å². The van der Waals surface area contributed by atoms with Crippen LogP contribution in [0.5, 0.6) is 0 Å². The fourth-order valence-corrected chi connectivity index (χ4v) is 2.89. The number of benzene rings is 2. The van der Waals surface area contributed by atoms with Crippen LogP contribution in [0.15, 0.2) is 71.1 Å². The van der Waals surface area contributed by atoms with Crippen molar-refractivity contribution in [2.24, 2.45) is 10.8 Å². The minimum Gasteiger partial charge on any atom is -0.383 e. The molecule has 0 radical (unpaired) electrons. The van der Waals surface area contributed by atoms with E-state index in [1.165, 1.54) is 36.2 Å². The first kappa shape index (κ1) is 17.8. The van der Waals surface area contributed by atoms with Crippen LogP contribution in [0, 0.1) is 21.4 Å². The van der Waals surface area contributed by atoms with E-state index in [1.54, 1.807) is 24.3 Å². The van der Waals surface area contributed by atoms with E-state index in [-0.39, 0.29) is 28.6 Å². The molecule has 0 fully saturated rings. The number of nitriles is 1. The maximum Gasteiger partial charge on any atom is 0.269 e. The van der Waals surface area contributed by atoms with Crippen molar-refractivity contribution in [2.45, 2.75) is 12.8 Å². The number of Topliss-reactive ketones (excluding diaryl/α,β-unsaturated/α-hetero) is 1. The Balaban J connectivity index is 2.14. The van der Waals surface area contributed by atoms with Crippen LogP contribution in [0.1, 0.15) is 18.4 Å². The molecule has 1 heterocycles. The van der Waals surface area contributed by atoms with Crippen molar-refractivity contribution in [1.82, 2.24) is 0 Å². The van der Waals surface area contributed by atoms with E-state index in [0.717, 1.165) is 0 Å². The monoisotopic (exact) mass is 361 g/mol. The van der Waals surface area contributed by atoms with Crippen LogP contribution in [-0.2, 0) is 4.79 Å². The highest BCUT2D eigenvalue weighted by Gasteiger charge is 2.35. The third kappa shape index (κ3) is 3.26. The third-order valence-electron chi connectivity index (χ3n) is 4.19. The summed E-state index contributed by atoms with van der Waals surface area (Å²) >= 11 is 0. The fraction of sp³-hybridized carbons (Fsp3) is 0.105. The van der Waals surface area contributed by atoms with Crippen molar-refractivity contribution in [1.29, 1.82) is 5.26 Å². The number of hydrazone groups is 1. The molecule has 0 bridgehead atoms. The minimum absolute atomic E-state index is 0.0859. The molecular weight excluding hydrogens is 346 g/mol. The lowest BCUT2D eigenvalue weighted by Gasteiger charge is -2.30. The van der Waals surface area contributed by atoms with Crippen molar-refractivity contribution in [2.75, 3.05) is 5.01 Å². The summed E-state index contributed by atoms with van der Waals surface area (Å²) in [4.78, 5) is 22.6. The summed E-state index contributed by atoms with van der Waals surface area (Å²) in [6, 6.07) is 16.6. The molecule has 0 amide bonds. The number of ketones is 1. The summed E-state index contributed by atoms with van der Waals surface area (Å²) < 4.78 is 0. The summed E-state index contributed by atoms with van der Waals surface area (Å²) in [6.07, 6.45) is 0. The van der Waals surface area contributed by atoms with Gasteiger partial charge in [0.15, 0.2) is 5.78 Å². The summed E-state index contributed by atoms with van der Waals surface area (Å²) in [5.74, 6) is -0.996. The number of nitro benzene ring substituents is 1. The molecule has 2 N–H and O–H groups in total. The van der Waals surface area contributed by atoms with Crippen LogP contribution in [0.25, 0.3) is 0 Å². The molecule has 0 saturated heterocycles. The molecule has 2 aromatic rings. The second-order valence-electron chi connectivity index (χ2n) is 5.88. The maximum atomic E-state index is 12.3. The molecule has 8 heteroatoms. The Bertz CT molecular complexity index is 1000. The van der Waals surface area contributed by atoms with Gasteiger partial charge in [-0.05, 0) is 17.7 Å². The molecule has 8 nitrogen and oxygen atoms in total. The van der Waals surface area contributed by atoms with E-state index in [9.17, 15) is 20.2 Å². The predicted octanol–water partition coefficient (Wildman–Crippen LogP) is 2.84. The molecule has 27 heavy (non-hydrogen) atoms. The molecule has 1 atom stereocenters. The standard InChI is InChI=1S/C19H15N5O3/c1-12(25)18-17(13-7-9-15(10-8-13)24(26)27)16(11-20)19(21)23(22-18)14-5-3-2-4-6-14/h2-10,17H,21H2,1H3. The quantitative estimate of drug-likeness (QED) is 0.659. The first-order valence-electron chi connectivity index (χ1n) is 8.02. The molecule has 1 unspecified atom stereocenters. The lowest BCUT2D eigenvalue weighted by atomic mass is 9.84. The zero-order chi connectivity index (χ0) is 19.6. The number of non-ortho nitro benzene ring substituents is 1. The van der Waals surface area contributed by atoms with Crippen molar-refractivity contribution >= 4 is 22.9 Å². The van der Waals surface area contributed by atoms with Gasteiger partial charge in [0, 0.05) is 19.1 Å². The van der Waals surface area contributed by atoms with Crippen LogP contribution in [0.2, 0.25) is 0 Å². The van der Waals surface area contributed by atoms with Gasteiger partial charge in [-0.1, -0.05) is 30.3 Å². The number of nitro groups is 1. The lowest BCUT2D eigenvalue weighted by molar-refractivity contribution is -0.384. The second kappa shape index (κ2) is 7.09. The number of carbonyl (C=O) groups excluding carboxylic acids is 1. The normalized spacial score (nSPS) is 16.5. The van der Waals surface area contributed by atoms with E-state index >= 15 is 0 Å². The Kier molecular flexibility index (Phi) is 4.68. The number of anilines is 1. The molecule has 1 aliphatic heterocycles. The van der Waals surface area contributed by atoms with Crippen LogP contribution < -0.4 is 10.7 Å². The van der Waals surface area contributed by atoms with Gasteiger partial charge >= 0.3 is 0 Å². The Morgan fingerprint density at radius 2 is 1.85 bits per heavy atom. The topological polar surface area (TPSA) is 126 Å². The molecule has 1 aliphatic rings. The van der Waals surface area contributed by atoms with Crippen LogP contribution in [0.3, 0.4) is 0 Å². The number of nitrogens with two attached hydrogens (primary N) is 1. The van der Waals surface area contributed by atoms with Gasteiger partial charge in [0.2, 0.25) is 0 Å². The number of rotatable bonds is 4. The second-order valence-corrected chi connectivity index (χ2v) is 5.88. The summed E-state index contributed by atoms with van der Waals surface area (Å²) in [6.45, 7) is 1.36. The number of allylic oxidation sites excluding steroid dienone is 1. The van der Waals surface area contributed by atoms with Crippen molar-refractivity contribution in [3.05, 3.63) is 81.7 Å². The summed E-state index contributed by atoms with van der Waals surface area (Å²) in [5.41, 5.74) is 7.55. The van der Waals surface area contributed by atoms with Crippen molar-refractivity contribution < 1.29 is 9.72 Å². The molecule has 2 aromatic carbocycles. The van der Waals surface area contributed by atoms with Crippen LogP contribution in [0.4, 0.5) is 11.4 Å². The highest BCUT2D eigenvalue weighted by atomic mass is 16.6. The molecule has 0 aromatic heterocycles. The zero-order valence-electron chi connectivity index (χ0n) is 14.4. The maximum absolute atomic E-state index is 12.3. The molecule has 134 valence electrons. The molecule has 0 aliphatic carbocycles. The highest BCUT2D eigenvalue weighted by Crippen LogP contribution is 2.35. The van der Waals surface area contributed by atoms with E-state index in [0.29, 0.717) is 11.3 Å². The van der Waals surface area contributed by atoms with Gasteiger partial charge in [-0.25, -0.2) is 5.01 Å². The SMILES string of the molecule is CC(=O)C1=NN(c2ccccc2)C(N)=C(C#N)C1c1ccc([N+](=O)[O-])cc1. The molecule has 0 saturated carbocycles. The highest BCUT2D eigenvalue weighted by molar-refractivity contribution is 6.42. The fourth-order valence-electron chi connectivity index (χ4n) is 2.89.